The summed E-state index contributed by atoms with van der Waals surface area (Å²) in [6.07, 6.45) is 2.19. The summed E-state index contributed by atoms with van der Waals surface area (Å²) in [7, 11) is 0. The molecule has 0 heterocycles. The van der Waals surface area contributed by atoms with Gasteiger partial charge in [-0.15, -0.1) is 0 Å². The number of aromatic carboxylic acids is 1. The lowest BCUT2D eigenvalue weighted by atomic mass is 9.79. The summed E-state index contributed by atoms with van der Waals surface area (Å²) in [4.78, 5) is 11.1. The van der Waals surface area contributed by atoms with Crippen molar-refractivity contribution >= 4 is 5.97 Å². The lowest BCUT2D eigenvalue weighted by Crippen LogP contribution is -2.22. The van der Waals surface area contributed by atoms with Crippen LogP contribution in [0.3, 0.4) is 0 Å². The zero-order valence-corrected chi connectivity index (χ0v) is 17.0. The van der Waals surface area contributed by atoms with Gasteiger partial charge in [-0.3, -0.25) is 0 Å². The van der Waals surface area contributed by atoms with Crippen molar-refractivity contribution in [2.45, 2.75) is 64.4 Å². The van der Waals surface area contributed by atoms with Gasteiger partial charge < -0.3 is 9.84 Å². The van der Waals surface area contributed by atoms with Gasteiger partial charge in [0.15, 0.2) is 0 Å². The maximum Gasteiger partial charge on any atom is 0.335 e. The number of carbonyl (C=O) groups is 1. The summed E-state index contributed by atoms with van der Waals surface area (Å²) in [6.45, 7) is 11.7. The summed E-state index contributed by atoms with van der Waals surface area (Å²) in [5.74, 6) is -0.690. The second-order valence-corrected chi connectivity index (χ2v) is 8.63. The van der Waals surface area contributed by atoms with Crippen LogP contribution in [0.2, 0.25) is 0 Å². The lowest BCUT2D eigenvalue weighted by Gasteiger charge is -2.29. The highest BCUT2D eigenvalue weighted by Crippen LogP contribution is 2.52. The molecule has 0 spiro atoms. The standard InChI is InChI=1S/C24H30O3/c1-6-27-24(13-14-24)20-12-11-19(15-21(20)23(3,4)5)16(2)17-7-9-18(10-8-17)22(25)26/h7-12,15-16H,6,13-14H2,1-5H3,(H,25,26). The molecule has 2 aromatic carbocycles. The Balaban J connectivity index is 1.98. The Hall–Kier alpha value is -2.13. The van der Waals surface area contributed by atoms with Crippen molar-refractivity contribution in [2.75, 3.05) is 6.61 Å². The molecule has 27 heavy (non-hydrogen) atoms. The van der Waals surface area contributed by atoms with Gasteiger partial charge in [0, 0.05) is 12.5 Å². The summed E-state index contributed by atoms with van der Waals surface area (Å²) in [6, 6.07) is 14.0. The maximum absolute atomic E-state index is 11.1. The second kappa shape index (κ2) is 7.12. The number of hydrogen-bond acceptors (Lipinski definition) is 2. The average Bonchev–Trinajstić information content (AvgIpc) is 3.41. The first-order chi connectivity index (χ1) is 12.7. The van der Waals surface area contributed by atoms with Gasteiger partial charge in [-0.05, 0) is 59.6 Å². The molecule has 1 fully saturated rings. The molecule has 3 heteroatoms. The van der Waals surface area contributed by atoms with Crippen LogP contribution in [0, 0.1) is 0 Å². The van der Waals surface area contributed by atoms with Crippen LogP contribution in [0.5, 0.6) is 0 Å². The highest BCUT2D eigenvalue weighted by molar-refractivity contribution is 5.87. The van der Waals surface area contributed by atoms with Gasteiger partial charge >= 0.3 is 5.97 Å². The highest BCUT2D eigenvalue weighted by atomic mass is 16.5. The number of carboxylic acid groups (broad SMARTS) is 1. The molecular formula is C24H30O3. The van der Waals surface area contributed by atoms with E-state index in [-0.39, 0.29) is 16.9 Å². The quantitative estimate of drug-likeness (QED) is 0.696. The van der Waals surface area contributed by atoms with Crippen molar-refractivity contribution in [3.8, 4) is 0 Å². The molecule has 0 radical (unpaired) electrons. The van der Waals surface area contributed by atoms with Crippen LogP contribution in [-0.2, 0) is 15.8 Å². The highest BCUT2D eigenvalue weighted by Gasteiger charge is 2.47. The van der Waals surface area contributed by atoms with E-state index in [4.69, 9.17) is 9.84 Å². The third kappa shape index (κ3) is 3.93. The van der Waals surface area contributed by atoms with Crippen LogP contribution in [0.1, 0.15) is 86.0 Å². The predicted octanol–water partition coefficient (Wildman–Crippen LogP) is 5.86. The van der Waals surface area contributed by atoms with Crippen molar-refractivity contribution in [1.82, 2.24) is 0 Å². The van der Waals surface area contributed by atoms with Crippen molar-refractivity contribution in [2.24, 2.45) is 0 Å². The molecule has 1 atom stereocenters. The molecule has 0 aliphatic heterocycles. The topological polar surface area (TPSA) is 46.5 Å². The Labute approximate surface area is 162 Å². The Bertz CT molecular complexity index is 824. The second-order valence-electron chi connectivity index (χ2n) is 8.63. The van der Waals surface area contributed by atoms with E-state index in [1.807, 2.05) is 12.1 Å². The summed E-state index contributed by atoms with van der Waals surface area (Å²) < 4.78 is 6.13. The molecule has 3 rings (SSSR count). The molecule has 0 saturated heterocycles. The van der Waals surface area contributed by atoms with Gasteiger partial charge in [-0.1, -0.05) is 58.0 Å². The van der Waals surface area contributed by atoms with Crippen LogP contribution in [0.25, 0.3) is 0 Å². The third-order valence-corrected chi connectivity index (χ3v) is 5.62. The Morgan fingerprint density at radius 1 is 1.11 bits per heavy atom. The van der Waals surface area contributed by atoms with Crippen LogP contribution in [0.4, 0.5) is 0 Å². The molecule has 144 valence electrons. The molecule has 0 bridgehead atoms. The largest absolute Gasteiger partial charge is 0.478 e. The van der Waals surface area contributed by atoms with E-state index in [0.717, 1.165) is 25.0 Å². The summed E-state index contributed by atoms with van der Waals surface area (Å²) in [5.41, 5.74) is 5.31. The third-order valence-electron chi connectivity index (χ3n) is 5.62. The first-order valence-electron chi connectivity index (χ1n) is 9.80. The number of rotatable bonds is 6. The molecule has 0 aromatic heterocycles. The van der Waals surface area contributed by atoms with Crippen LogP contribution >= 0.6 is 0 Å². The zero-order valence-electron chi connectivity index (χ0n) is 17.0. The van der Waals surface area contributed by atoms with Crippen LogP contribution < -0.4 is 0 Å². The normalized spacial score (nSPS) is 16.8. The van der Waals surface area contributed by atoms with E-state index in [1.54, 1.807) is 12.1 Å². The van der Waals surface area contributed by atoms with Gasteiger partial charge in [-0.25, -0.2) is 4.79 Å². The number of benzene rings is 2. The smallest absolute Gasteiger partial charge is 0.335 e. The minimum atomic E-state index is -0.890. The van der Waals surface area contributed by atoms with Crippen molar-refractivity contribution in [3.05, 3.63) is 70.3 Å². The Morgan fingerprint density at radius 2 is 1.70 bits per heavy atom. The summed E-state index contributed by atoms with van der Waals surface area (Å²) >= 11 is 0. The van der Waals surface area contributed by atoms with Crippen LogP contribution in [0.15, 0.2) is 42.5 Å². The van der Waals surface area contributed by atoms with Gasteiger partial charge in [-0.2, -0.15) is 0 Å². The molecule has 3 nitrogen and oxygen atoms in total. The number of carboxylic acids is 1. The van der Waals surface area contributed by atoms with E-state index in [0.29, 0.717) is 5.56 Å². The minimum Gasteiger partial charge on any atom is -0.478 e. The molecule has 1 aliphatic rings. The Morgan fingerprint density at radius 3 is 2.19 bits per heavy atom. The van der Waals surface area contributed by atoms with E-state index < -0.39 is 5.97 Å². The Kier molecular flexibility index (Phi) is 5.18. The predicted molar refractivity (Wildman–Crippen MR) is 109 cm³/mol. The van der Waals surface area contributed by atoms with Crippen molar-refractivity contribution in [3.63, 3.8) is 0 Å². The van der Waals surface area contributed by atoms with Crippen molar-refractivity contribution in [1.29, 1.82) is 0 Å². The van der Waals surface area contributed by atoms with Gasteiger partial charge in [0.1, 0.15) is 0 Å². The first kappa shape index (κ1) is 19.6. The van der Waals surface area contributed by atoms with E-state index in [9.17, 15) is 4.79 Å². The molecule has 0 amide bonds. The molecule has 2 aromatic rings. The van der Waals surface area contributed by atoms with Gasteiger partial charge in [0.2, 0.25) is 0 Å². The van der Waals surface area contributed by atoms with E-state index in [1.165, 1.54) is 16.7 Å². The first-order valence-corrected chi connectivity index (χ1v) is 9.80. The molecule has 1 aliphatic carbocycles. The van der Waals surface area contributed by atoms with Crippen LogP contribution in [-0.4, -0.2) is 17.7 Å². The fourth-order valence-corrected chi connectivity index (χ4v) is 3.84. The maximum atomic E-state index is 11.1. The molecule has 1 saturated carbocycles. The minimum absolute atomic E-state index is 0.0327. The lowest BCUT2D eigenvalue weighted by molar-refractivity contribution is 0.0383. The summed E-state index contributed by atoms with van der Waals surface area (Å²) in [5, 5.41) is 9.10. The van der Waals surface area contributed by atoms with Gasteiger partial charge in [0.25, 0.3) is 0 Å². The fourth-order valence-electron chi connectivity index (χ4n) is 3.84. The SMILES string of the molecule is CCOC1(c2ccc(C(C)c3ccc(C(=O)O)cc3)cc2C(C)(C)C)CC1. The number of hydrogen-bond donors (Lipinski definition) is 1. The molecule has 1 N–H and O–H groups in total. The zero-order chi connectivity index (χ0) is 19.8. The average molecular weight is 367 g/mol. The van der Waals surface area contributed by atoms with E-state index >= 15 is 0 Å². The van der Waals surface area contributed by atoms with Gasteiger partial charge in [0.05, 0.1) is 11.2 Å². The molecular weight excluding hydrogens is 336 g/mol. The molecule has 1 unspecified atom stereocenters. The van der Waals surface area contributed by atoms with E-state index in [2.05, 4.69) is 52.8 Å². The number of ether oxygens (including phenoxy) is 1. The fraction of sp³-hybridized carbons (Fsp3) is 0.458. The van der Waals surface area contributed by atoms with Crippen molar-refractivity contribution < 1.29 is 14.6 Å². The monoisotopic (exact) mass is 366 g/mol.